The maximum absolute atomic E-state index is 6.06. The van der Waals surface area contributed by atoms with E-state index in [0.29, 0.717) is 21.3 Å². The van der Waals surface area contributed by atoms with Crippen LogP contribution in [0.4, 0.5) is 5.95 Å². The maximum atomic E-state index is 6.06. The topological polar surface area (TPSA) is 56.7 Å². The van der Waals surface area contributed by atoms with Crippen molar-refractivity contribution in [3.8, 4) is 0 Å². The molecule has 1 aromatic carbocycles. The summed E-state index contributed by atoms with van der Waals surface area (Å²) in [5.41, 5.74) is 6.33. The zero-order valence-corrected chi connectivity index (χ0v) is 11.1. The van der Waals surface area contributed by atoms with E-state index in [-0.39, 0.29) is 5.95 Å². The molecule has 0 amide bonds. The number of anilines is 1. The fourth-order valence-corrected chi connectivity index (χ4v) is 2.04. The second kappa shape index (κ2) is 4.61. The molecule has 0 atom stereocenters. The van der Waals surface area contributed by atoms with Crippen LogP contribution in [0.3, 0.4) is 0 Å². The Kier molecular flexibility index (Phi) is 3.37. The summed E-state index contributed by atoms with van der Waals surface area (Å²) in [4.78, 5) is 3.93. The van der Waals surface area contributed by atoms with Gasteiger partial charge in [-0.25, -0.2) is 4.68 Å². The van der Waals surface area contributed by atoms with E-state index in [1.54, 1.807) is 10.7 Å². The number of nitrogen functional groups attached to an aromatic ring is 1. The van der Waals surface area contributed by atoms with E-state index in [4.69, 9.17) is 28.9 Å². The minimum Gasteiger partial charge on any atom is -0.366 e. The van der Waals surface area contributed by atoms with Crippen LogP contribution in [-0.4, -0.2) is 14.8 Å². The molecule has 84 valence electrons. The maximum Gasteiger partial charge on any atom is 0.240 e. The molecule has 0 unspecified atom stereocenters. The third-order valence-electron chi connectivity index (χ3n) is 1.99. The van der Waals surface area contributed by atoms with Gasteiger partial charge in [0.05, 0.1) is 16.6 Å². The third-order valence-corrected chi connectivity index (χ3v) is 3.44. The molecule has 0 aliphatic carbocycles. The predicted octanol–water partition coefficient (Wildman–Crippen LogP) is 2.98. The fourth-order valence-electron chi connectivity index (χ4n) is 1.27. The van der Waals surface area contributed by atoms with E-state index in [9.17, 15) is 0 Å². The molecule has 4 nitrogen and oxygen atoms in total. The number of halogens is 3. The van der Waals surface area contributed by atoms with Crippen molar-refractivity contribution in [1.82, 2.24) is 14.8 Å². The highest BCUT2D eigenvalue weighted by molar-refractivity contribution is 9.10. The summed E-state index contributed by atoms with van der Waals surface area (Å²) < 4.78 is 2.16. The Hall–Kier alpha value is -0.780. The number of benzene rings is 1. The second-order valence-corrected chi connectivity index (χ2v) is 4.60. The molecule has 2 aromatic rings. The Morgan fingerprint density at radius 2 is 2.12 bits per heavy atom. The van der Waals surface area contributed by atoms with Crippen molar-refractivity contribution in [3.05, 3.63) is 38.5 Å². The van der Waals surface area contributed by atoms with E-state index in [1.807, 2.05) is 12.1 Å². The van der Waals surface area contributed by atoms with Crippen molar-refractivity contribution in [2.24, 2.45) is 0 Å². The summed E-state index contributed by atoms with van der Waals surface area (Å²) in [6.45, 7) is 0.462. The van der Waals surface area contributed by atoms with Crippen LogP contribution in [0, 0.1) is 0 Å². The fraction of sp³-hybridized carbons (Fsp3) is 0.111. The Bertz CT molecular complexity index is 526. The molecule has 0 spiro atoms. The molecule has 0 saturated carbocycles. The lowest BCUT2D eigenvalue weighted by atomic mass is 10.2. The van der Waals surface area contributed by atoms with E-state index in [0.717, 1.165) is 5.56 Å². The number of aromatic nitrogens is 3. The van der Waals surface area contributed by atoms with Crippen LogP contribution in [0.25, 0.3) is 0 Å². The summed E-state index contributed by atoms with van der Waals surface area (Å²) in [5.74, 6) is 0.213. The lowest BCUT2D eigenvalue weighted by Crippen LogP contribution is -2.03. The van der Waals surface area contributed by atoms with Gasteiger partial charge in [0.15, 0.2) is 4.73 Å². The van der Waals surface area contributed by atoms with Crippen LogP contribution in [0.5, 0.6) is 0 Å². The normalized spacial score (nSPS) is 10.7. The van der Waals surface area contributed by atoms with Crippen molar-refractivity contribution in [2.75, 3.05) is 5.73 Å². The van der Waals surface area contributed by atoms with Crippen molar-refractivity contribution < 1.29 is 0 Å². The van der Waals surface area contributed by atoms with Gasteiger partial charge in [-0.3, -0.25) is 0 Å². The highest BCUT2D eigenvalue weighted by Gasteiger charge is 2.09. The molecule has 16 heavy (non-hydrogen) atoms. The first-order chi connectivity index (χ1) is 7.58. The van der Waals surface area contributed by atoms with Gasteiger partial charge < -0.3 is 5.73 Å². The quantitative estimate of drug-likeness (QED) is 0.925. The Morgan fingerprint density at radius 1 is 1.38 bits per heavy atom. The number of nitrogens with two attached hydrogens (primary N) is 1. The van der Waals surface area contributed by atoms with E-state index in [2.05, 4.69) is 26.0 Å². The molecule has 0 saturated heterocycles. The molecular weight excluding hydrogens is 315 g/mol. The molecule has 2 rings (SSSR count). The molecule has 0 aliphatic rings. The molecule has 1 heterocycles. The third kappa shape index (κ3) is 2.31. The van der Waals surface area contributed by atoms with Gasteiger partial charge in [0.1, 0.15) is 0 Å². The molecule has 7 heteroatoms. The number of nitrogens with zero attached hydrogens (tertiary/aromatic N) is 3. The largest absolute Gasteiger partial charge is 0.366 e. The zero-order valence-electron chi connectivity index (χ0n) is 7.99. The monoisotopic (exact) mass is 320 g/mol. The predicted molar refractivity (Wildman–Crippen MR) is 67.7 cm³/mol. The summed E-state index contributed by atoms with van der Waals surface area (Å²) in [5, 5.41) is 5.05. The summed E-state index contributed by atoms with van der Waals surface area (Å²) in [7, 11) is 0. The number of hydrogen-bond donors (Lipinski definition) is 1. The van der Waals surface area contributed by atoms with Gasteiger partial charge in [0, 0.05) is 0 Å². The van der Waals surface area contributed by atoms with Gasteiger partial charge in [-0.05, 0) is 27.6 Å². The molecule has 0 fully saturated rings. The average Bonchev–Trinajstić information content (AvgIpc) is 2.53. The van der Waals surface area contributed by atoms with Gasteiger partial charge in [-0.2, -0.15) is 4.98 Å². The second-order valence-electron chi connectivity index (χ2n) is 3.11. The Balaban J connectivity index is 2.34. The van der Waals surface area contributed by atoms with E-state index < -0.39 is 0 Å². The highest BCUT2D eigenvalue weighted by atomic mass is 79.9. The Labute approximate surface area is 110 Å². The Morgan fingerprint density at radius 3 is 2.75 bits per heavy atom. The average molecular weight is 322 g/mol. The van der Waals surface area contributed by atoms with Crippen molar-refractivity contribution in [3.63, 3.8) is 0 Å². The first-order valence-corrected chi connectivity index (χ1v) is 5.91. The van der Waals surface area contributed by atoms with Crippen molar-refractivity contribution >= 4 is 45.1 Å². The van der Waals surface area contributed by atoms with Gasteiger partial charge in [-0.15, -0.1) is 5.10 Å². The lowest BCUT2D eigenvalue weighted by Gasteiger charge is -2.05. The van der Waals surface area contributed by atoms with Crippen molar-refractivity contribution in [2.45, 2.75) is 6.54 Å². The lowest BCUT2D eigenvalue weighted by molar-refractivity contribution is 0.670. The van der Waals surface area contributed by atoms with Gasteiger partial charge in [0.2, 0.25) is 5.95 Å². The zero-order chi connectivity index (χ0) is 11.7. The first-order valence-electron chi connectivity index (χ1n) is 4.36. The smallest absolute Gasteiger partial charge is 0.240 e. The van der Waals surface area contributed by atoms with Crippen LogP contribution in [0.2, 0.25) is 10.0 Å². The molecule has 0 bridgehead atoms. The van der Waals surface area contributed by atoms with Gasteiger partial charge >= 0.3 is 0 Å². The number of hydrogen-bond acceptors (Lipinski definition) is 3. The van der Waals surface area contributed by atoms with Crippen LogP contribution in [0.1, 0.15) is 5.56 Å². The summed E-state index contributed by atoms with van der Waals surface area (Å²) in [6.07, 6.45) is 0. The minimum atomic E-state index is 0.213. The van der Waals surface area contributed by atoms with E-state index >= 15 is 0 Å². The molecule has 0 radical (unpaired) electrons. The van der Waals surface area contributed by atoms with Crippen LogP contribution < -0.4 is 5.73 Å². The van der Waals surface area contributed by atoms with Gasteiger partial charge in [-0.1, -0.05) is 35.3 Å². The number of rotatable bonds is 2. The minimum absolute atomic E-state index is 0.213. The standard InChI is InChI=1S/C9H7BrCl2N4/c10-8-14-9(13)15-16(8)4-5-2-1-3-6(11)7(5)12/h1-3H,4H2,(H2,13,15). The molecule has 1 aromatic heterocycles. The van der Waals surface area contributed by atoms with Crippen molar-refractivity contribution in [1.29, 1.82) is 0 Å². The molecular formula is C9H7BrCl2N4. The first kappa shape index (κ1) is 11.7. The summed E-state index contributed by atoms with van der Waals surface area (Å²) >= 11 is 15.2. The van der Waals surface area contributed by atoms with Gasteiger partial charge in [0.25, 0.3) is 0 Å². The van der Waals surface area contributed by atoms with Crippen LogP contribution in [-0.2, 0) is 6.54 Å². The van der Waals surface area contributed by atoms with Crippen LogP contribution in [0.15, 0.2) is 22.9 Å². The molecule has 2 N–H and O–H groups in total. The SMILES string of the molecule is Nc1nc(Br)n(Cc2cccc(Cl)c2Cl)n1. The van der Waals surface area contributed by atoms with Crippen LogP contribution >= 0.6 is 39.1 Å². The summed E-state index contributed by atoms with van der Waals surface area (Å²) in [6, 6.07) is 5.44. The molecule has 0 aliphatic heterocycles. The van der Waals surface area contributed by atoms with E-state index in [1.165, 1.54) is 0 Å². The highest BCUT2D eigenvalue weighted by Crippen LogP contribution is 2.26.